The van der Waals surface area contributed by atoms with Crippen molar-refractivity contribution in [1.82, 2.24) is 25.2 Å². The van der Waals surface area contributed by atoms with Gasteiger partial charge in [-0.1, -0.05) is 51.0 Å². The molecule has 1 aliphatic heterocycles. The number of amides is 2. The summed E-state index contributed by atoms with van der Waals surface area (Å²) in [6.45, 7) is 4.25. The Labute approximate surface area is 276 Å². The lowest BCUT2D eigenvalue weighted by molar-refractivity contribution is -0.135. The molecule has 48 heavy (non-hydrogen) atoms. The highest BCUT2D eigenvalue weighted by Gasteiger charge is 2.50. The van der Waals surface area contributed by atoms with Crippen molar-refractivity contribution in [3.63, 3.8) is 0 Å². The number of H-pyrrole nitrogens is 1. The lowest BCUT2D eigenvalue weighted by atomic mass is 9.78. The molecule has 6 rings (SSSR count). The molecule has 1 saturated heterocycles. The van der Waals surface area contributed by atoms with Crippen LogP contribution in [-0.4, -0.2) is 65.5 Å². The average Bonchev–Trinajstić information content (AvgIpc) is 3.87. The van der Waals surface area contributed by atoms with Crippen LogP contribution < -0.4 is 9.50 Å². The summed E-state index contributed by atoms with van der Waals surface area (Å²) in [5.41, 5.74) is -1.68. The Morgan fingerprint density at radius 1 is 1.04 bits per heavy atom. The number of ether oxygens (including phenoxy) is 1. The molecule has 2 aromatic heterocycles. The van der Waals surface area contributed by atoms with Gasteiger partial charge in [0.05, 0.1) is 36.9 Å². The van der Waals surface area contributed by atoms with E-state index < -0.39 is 27.8 Å². The van der Waals surface area contributed by atoms with E-state index in [4.69, 9.17) is 4.74 Å². The quantitative estimate of drug-likeness (QED) is 0.211. The first-order valence-corrected chi connectivity index (χ1v) is 17.5. The van der Waals surface area contributed by atoms with Crippen LogP contribution in [0.5, 0.6) is 5.75 Å². The van der Waals surface area contributed by atoms with Gasteiger partial charge in [-0.2, -0.15) is 21.6 Å². The second-order valence-corrected chi connectivity index (χ2v) is 14.6. The summed E-state index contributed by atoms with van der Waals surface area (Å²) in [4.78, 5) is 39.6. The van der Waals surface area contributed by atoms with Crippen LogP contribution in [0, 0.1) is 5.92 Å². The number of likely N-dealkylation sites (tertiary alicyclic amines) is 1. The van der Waals surface area contributed by atoms with Crippen LogP contribution in [0.15, 0.2) is 36.7 Å². The van der Waals surface area contributed by atoms with Gasteiger partial charge in [-0.15, -0.1) is 0 Å². The maximum absolute atomic E-state index is 13.5. The predicted molar refractivity (Wildman–Crippen MR) is 169 cm³/mol. The number of hydrogen-bond acceptors (Lipinski definition) is 8. The molecule has 1 saturated carbocycles. The number of pyridine rings is 1. The number of benzene rings is 1. The van der Waals surface area contributed by atoms with Gasteiger partial charge in [0.1, 0.15) is 11.9 Å². The largest absolute Gasteiger partial charge is 0.534 e. The van der Waals surface area contributed by atoms with Gasteiger partial charge in [0, 0.05) is 17.7 Å². The molecule has 3 aromatic rings. The Morgan fingerprint density at radius 3 is 2.38 bits per heavy atom. The van der Waals surface area contributed by atoms with Crippen molar-refractivity contribution in [2.45, 2.75) is 88.2 Å². The molecular weight excluding hydrogens is 651 g/mol. The number of fused-ring (bicyclic) bond motifs is 2. The van der Waals surface area contributed by atoms with Gasteiger partial charge in [0.15, 0.2) is 5.75 Å². The fourth-order valence-corrected chi connectivity index (χ4v) is 7.98. The zero-order chi connectivity index (χ0) is 34.4. The summed E-state index contributed by atoms with van der Waals surface area (Å²) in [5.74, 6) is -0.0867. The first kappa shape index (κ1) is 33.7. The molecule has 0 radical (unpaired) electrons. The van der Waals surface area contributed by atoms with E-state index in [0.29, 0.717) is 42.9 Å². The van der Waals surface area contributed by atoms with Gasteiger partial charge in [-0.25, -0.2) is 9.78 Å². The highest BCUT2D eigenvalue weighted by Crippen LogP contribution is 2.55. The van der Waals surface area contributed by atoms with E-state index in [1.807, 2.05) is 38.1 Å². The molecule has 2 N–H and O–H groups in total. The fraction of sp³-hybridized carbons (Fsp3) is 0.515. The number of aromatic nitrogens is 3. The van der Waals surface area contributed by atoms with Crippen molar-refractivity contribution < 1.29 is 40.1 Å². The number of nitrogens with zero attached hydrogens (tertiary/aromatic N) is 3. The number of alkyl carbamates (subject to hydrolysis) is 1. The molecule has 2 atom stereocenters. The normalized spacial score (nSPS) is 19.5. The Balaban J connectivity index is 1.26. The van der Waals surface area contributed by atoms with E-state index in [1.165, 1.54) is 7.11 Å². The number of halogens is 3. The van der Waals surface area contributed by atoms with Gasteiger partial charge in [-0.3, -0.25) is 9.78 Å². The first-order chi connectivity index (χ1) is 22.7. The summed E-state index contributed by atoms with van der Waals surface area (Å²) in [6, 6.07) is 6.51. The van der Waals surface area contributed by atoms with Crippen molar-refractivity contribution in [3.8, 4) is 28.3 Å². The first-order valence-electron chi connectivity index (χ1n) is 16.1. The van der Waals surface area contributed by atoms with E-state index >= 15 is 0 Å². The van der Waals surface area contributed by atoms with E-state index in [9.17, 15) is 31.2 Å². The van der Waals surface area contributed by atoms with Gasteiger partial charge in [0.25, 0.3) is 0 Å². The minimum absolute atomic E-state index is 0.153. The molecule has 2 fully saturated rings. The highest BCUT2D eigenvalue weighted by molar-refractivity contribution is 7.88. The third kappa shape index (κ3) is 6.12. The number of carbonyl (C=O) groups is 2. The van der Waals surface area contributed by atoms with Gasteiger partial charge in [0.2, 0.25) is 5.91 Å². The number of hydrogen-bond donors (Lipinski definition) is 2. The van der Waals surface area contributed by atoms with Crippen LogP contribution in [0.4, 0.5) is 18.0 Å². The third-order valence-electron chi connectivity index (χ3n) is 9.88. The molecule has 1 aromatic carbocycles. The minimum Gasteiger partial charge on any atom is -0.453 e. The van der Waals surface area contributed by atoms with Crippen molar-refractivity contribution in [1.29, 1.82) is 0 Å². The predicted octanol–water partition coefficient (Wildman–Crippen LogP) is 6.17. The summed E-state index contributed by atoms with van der Waals surface area (Å²) >= 11 is 0. The van der Waals surface area contributed by atoms with Crippen molar-refractivity contribution in [3.05, 3.63) is 53.6 Å². The lowest BCUT2D eigenvalue weighted by Crippen LogP contribution is -2.51. The Bertz CT molecular complexity index is 1800. The number of imidazole rings is 1. The van der Waals surface area contributed by atoms with Crippen LogP contribution >= 0.6 is 0 Å². The Kier molecular flexibility index (Phi) is 8.94. The minimum atomic E-state index is -5.84. The molecule has 258 valence electrons. The molecule has 1 spiro atoms. The molecule has 0 bridgehead atoms. The topological polar surface area (TPSA) is 144 Å². The number of methoxy groups -OCH3 is 1. The molecule has 0 unspecified atom stereocenters. The number of carbonyl (C=O) groups excluding carboxylic acids is 2. The van der Waals surface area contributed by atoms with Gasteiger partial charge >= 0.3 is 21.7 Å². The summed E-state index contributed by atoms with van der Waals surface area (Å²) in [6.07, 6.45) is 8.33. The summed E-state index contributed by atoms with van der Waals surface area (Å²) < 4.78 is 72.6. The van der Waals surface area contributed by atoms with Gasteiger partial charge < -0.3 is 24.1 Å². The Hall–Kier alpha value is -4.14. The fourth-order valence-electron chi connectivity index (χ4n) is 7.50. The van der Waals surface area contributed by atoms with Crippen LogP contribution in [0.3, 0.4) is 0 Å². The lowest BCUT2D eigenvalue weighted by Gasteiger charge is -2.30. The zero-order valence-corrected chi connectivity index (χ0v) is 27.7. The third-order valence-corrected chi connectivity index (χ3v) is 10.8. The Morgan fingerprint density at radius 2 is 1.73 bits per heavy atom. The number of alkyl halides is 3. The SMILES string of the molecule is COC(=O)N[C@H](C(=O)N1CCC[C@H]1c1ncc(-c2ccc(-c3ncc(OS(=O)(=O)C(F)(F)F)c4c3C3(CCCC3)CC4)cc2)[nH]1)C(C)C. The second-order valence-electron chi connectivity index (χ2n) is 13.1. The van der Waals surface area contributed by atoms with Crippen LogP contribution in [0.2, 0.25) is 0 Å². The average molecular weight is 690 g/mol. The maximum atomic E-state index is 13.5. The van der Waals surface area contributed by atoms with Gasteiger partial charge in [-0.05, 0) is 61.0 Å². The zero-order valence-electron chi connectivity index (χ0n) is 26.9. The summed E-state index contributed by atoms with van der Waals surface area (Å²) in [7, 11) is -4.59. The smallest absolute Gasteiger partial charge is 0.453 e. The van der Waals surface area contributed by atoms with Crippen LogP contribution in [-0.2, 0) is 31.5 Å². The van der Waals surface area contributed by atoms with Crippen molar-refractivity contribution in [2.75, 3.05) is 13.7 Å². The molecule has 2 amide bonds. The second kappa shape index (κ2) is 12.7. The molecular formula is C33H38F3N5O6S. The highest BCUT2D eigenvalue weighted by atomic mass is 32.2. The van der Waals surface area contributed by atoms with Crippen molar-refractivity contribution in [2.24, 2.45) is 5.92 Å². The molecule has 2 aliphatic carbocycles. The number of nitrogens with one attached hydrogen (secondary N) is 2. The van der Waals surface area contributed by atoms with E-state index in [-0.39, 0.29) is 29.0 Å². The molecule has 11 nitrogen and oxygen atoms in total. The van der Waals surface area contributed by atoms with Crippen molar-refractivity contribution >= 4 is 22.1 Å². The van der Waals surface area contributed by atoms with Crippen LogP contribution in [0.1, 0.15) is 81.8 Å². The van der Waals surface area contributed by atoms with E-state index in [2.05, 4.69) is 24.5 Å². The monoisotopic (exact) mass is 689 g/mol. The maximum Gasteiger partial charge on any atom is 0.534 e. The number of rotatable bonds is 8. The molecule has 3 heterocycles. The molecule has 15 heteroatoms. The number of aromatic amines is 1. The van der Waals surface area contributed by atoms with Crippen LogP contribution in [0.25, 0.3) is 22.5 Å². The molecule has 3 aliphatic rings. The summed E-state index contributed by atoms with van der Waals surface area (Å²) in [5, 5.41) is 2.65. The standard InChI is InChI=1S/C33H38F3N5O6S/c1-19(2)27(40-31(43)46-3)30(42)41-16-6-7-24(41)29-38-17-23(39-29)20-8-10-21(11-9-20)28-26-22(12-15-32(26)13-4-5-14-32)25(18-37-28)47-48(44,45)33(34,35)36/h8-11,17-19,24,27H,4-7,12-16H2,1-3H3,(H,38,39)(H,40,43)/t24-,27-/m0/s1. The van der Waals surface area contributed by atoms with E-state index in [0.717, 1.165) is 60.7 Å². The van der Waals surface area contributed by atoms with E-state index in [1.54, 1.807) is 11.1 Å².